The molecule has 0 aliphatic rings. The van der Waals surface area contributed by atoms with Crippen LogP contribution in [0.1, 0.15) is 5.56 Å². The summed E-state index contributed by atoms with van der Waals surface area (Å²) in [4.78, 5) is -0.00412. The number of H-pyrrole nitrogens is 1. The number of nitrogens with two attached hydrogens (primary N) is 1. The molecule has 0 amide bonds. The summed E-state index contributed by atoms with van der Waals surface area (Å²) in [6.07, 6.45) is 0. The molecule has 4 rings (SSSR count). The first-order chi connectivity index (χ1) is 13.5. The largest absolute Gasteiger partial charge is 0.456 e. The van der Waals surface area contributed by atoms with Crippen molar-refractivity contribution in [3.8, 4) is 28.8 Å². The predicted octanol–water partition coefficient (Wildman–Crippen LogP) is 3.54. The molecule has 0 atom stereocenters. The Morgan fingerprint density at radius 1 is 1.04 bits per heavy atom. The third kappa shape index (κ3) is 3.32. The van der Waals surface area contributed by atoms with Gasteiger partial charge in [0.05, 0.1) is 16.0 Å². The van der Waals surface area contributed by atoms with Crippen molar-refractivity contribution in [2.75, 3.05) is 0 Å². The van der Waals surface area contributed by atoms with Gasteiger partial charge in [-0.05, 0) is 36.4 Å². The van der Waals surface area contributed by atoms with Crippen molar-refractivity contribution >= 4 is 20.9 Å². The van der Waals surface area contributed by atoms with E-state index in [0.717, 1.165) is 0 Å². The van der Waals surface area contributed by atoms with Gasteiger partial charge in [-0.25, -0.2) is 13.6 Å². The molecule has 7 nitrogen and oxygen atoms in total. The maximum Gasteiger partial charge on any atom is 0.238 e. The molecule has 1 aromatic heterocycles. The lowest BCUT2D eigenvalue weighted by Crippen LogP contribution is -2.11. The third-order valence-electron chi connectivity index (χ3n) is 4.19. The van der Waals surface area contributed by atoms with E-state index in [4.69, 9.17) is 9.88 Å². The molecule has 8 heteroatoms. The smallest absolute Gasteiger partial charge is 0.238 e. The van der Waals surface area contributed by atoms with E-state index in [2.05, 4.69) is 16.3 Å². The Morgan fingerprint density at radius 3 is 2.54 bits per heavy atom. The lowest BCUT2D eigenvalue weighted by Gasteiger charge is -2.08. The van der Waals surface area contributed by atoms with Gasteiger partial charge < -0.3 is 4.74 Å². The number of primary sulfonamides is 1. The first-order valence-corrected chi connectivity index (χ1v) is 9.79. The van der Waals surface area contributed by atoms with Crippen LogP contribution in [0.15, 0.2) is 71.6 Å². The van der Waals surface area contributed by atoms with E-state index < -0.39 is 10.0 Å². The molecule has 0 saturated carbocycles. The average Bonchev–Trinajstić information content (AvgIpc) is 3.10. The molecular weight excluding hydrogens is 376 g/mol. The number of sulfonamides is 1. The molecule has 3 N–H and O–H groups in total. The minimum atomic E-state index is -3.83. The van der Waals surface area contributed by atoms with Crippen molar-refractivity contribution in [1.82, 2.24) is 10.2 Å². The Morgan fingerprint density at radius 2 is 1.82 bits per heavy atom. The van der Waals surface area contributed by atoms with Crippen LogP contribution in [0.25, 0.3) is 22.2 Å². The molecule has 0 unspecified atom stereocenters. The predicted molar refractivity (Wildman–Crippen MR) is 104 cm³/mol. The van der Waals surface area contributed by atoms with Gasteiger partial charge >= 0.3 is 0 Å². The second-order valence-electron chi connectivity index (χ2n) is 6.07. The van der Waals surface area contributed by atoms with Gasteiger partial charge in [0.1, 0.15) is 23.3 Å². The fraction of sp³-hybridized carbons (Fsp3) is 0. The number of ether oxygens (including phenoxy) is 1. The summed E-state index contributed by atoms with van der Waals surface area (Å²) in [5.41, 5.74) is 2.09. The molecule has 28 heavy (non-hydrogen) atoms. The Balaban J connectivity index is 1.86. The molecule has 1 heterocycles. The third-order valence-corrected chi connectivity index (χ3v) is 5.10. The second-order valence-corrected chi connectivity index (χ2v) is 7.63. The van der Waals surface area contributed by atoms with Gasteiger partial charge in [-0.3, -0.25) is 5.10 Å². The minimum Gasteiger partial charge on any atom is -0.456 e. The van der Waals surface area contributed by atoms with Crippen molar-refractivity contribution in [1.29, 1.82) is 5.26 Å². The quantitative estimate of drug-likeness (QED) is 0.552. The molecule has 3 aromatic carbocycles. The molecule has 138 valence electrons. The summed E-state index contributed by atoms with van der Waals surface area (Å²) in [6.45, 7) is 0. The zero-order chi connectivity index (χ0) is 19.7. The van der Waals surface area contributed by atoms with Crippen LogP contribution in [-0.4, -0.2) is 18.6 Å². The molecule has 0 aliphatic carbocycles. The van der Waals surface area contributed by atoms with Crippen LogP contribution in [0.5, 0.6) is 11.5 Å². The Kier molecular flexibility index (Phi) is 4.31. The number of benzene rings is 3. The van der Waals surface area contributed by atoms with Crippen LogP contribution in [0.2, 0.25) is 0 Å². The van der Waals surface area contributed by atoms with Gasteiger partial charge in [0, 0.05) is 10.9 Å². The lowest BCUT2D eigenvalue weighted by molar-refractivity contribution is 0.482. The number of para-hydroxylation sites is 1. The SMILES string of the molecule is N#Cc1cc2[nH]nc(-c3cccc(S(N)(=O)=O)c3)c2cc1Oc1ccccc1. The number of hydrogen-bond acceptors (Lipinski definition) is 5. The Hall–Kier alpha value is -3.67. The van der Waals surface area contributed by atoms with E-state index in [0.29, 0.717) is 39.2 Å². The molecule has 0 saturated heterocycles. The van der Waals surface area contributed by atoms with Crippen LogP contribution >= 0.6 is 0 Å². The Labute approximate surface area is 161 Å². The highest BCUT2D eigenvalue weighted by atomic mass is 32.2. The summed E-state index contributed by atoms with van der Waals surface area (Å²) < 4.78 is 29.2. The summed E-state index contributed by atoms with van der Waals surface area (Å²) in [5, 5.41) is 22.5. The van der Waals surface area contributed by atoms with E-state index >= 15 is 0 Å². The van der Waals surface area contributed by atoms with Crippen LogP contribution in [0, 0.1) is 11.3 Å². The van der Waals surface area contributed by atoms with Crippen LogP contribution in [-0.2, 0) is 10.0 Å². The summed E-state index contributed by atoms with van der Waals surface area (Å²) in [7, 11) is -3.83. The standard InChI is InChI=1S/C20H14N4O3S/c21-12-14-10-18-17(11-19(14)27-15-6-2-1-3-7-15)20(24-23-18)13-5-4-8-16(9-13)28(22,25)26/h1-11H,(H,23,24)(H2,22,25,26). The van der Waals surface area contributed by atoms with Gasteiger partial charge in [-0.15, -0.1) is 0 Å². The first kappa shape index (κ1) is 17.7. The number of aromatic nitrogens is 2. The number of nitrogens with one attached hydrogen (secondary N) is 1. The lowest BCUT2D eigenvalue weighted by atomic mass is 10.1. The zero-order valence-corrected chi connectivity index (χ0v) is 15.3. The van der Waals surface area contributed by atoms with Gasteiger partial charge in [0.15, 0.2) is 0 Å². The van der Waals surface area contributed by atoms with Crippen molar-refractivity contribution in [3.05, 3.63) is 72.3 Å². The number of nitriles is 1. The van der Waals surface area contributed by atoms with E-state index in [1.54, 1.807) is 36.4 Å². The van der Waals surface area contributed by atoms with Crippen molar-refractivity contribution in [2.45, 2.75) is 4.90 Å². The van der Waals surface area contributed by atoms with Gasteiger partial charge in [-0.2, -0.15) is 10.4 Å². The number of rotatable bonds is 4. The highest BCUT2D eigenvalue weighted by Gasteiger charge is 2.16. The molecule has 0 aliphatic heterocycles. The highest BCUT2D eigenvalue weighted by Crippen LogP contribution is 2.34. The molecule has 0 fully saturated rings. The van der Waals surface area contributed by atoms with Crippen molar-refractivity contribution < 1.29 is 13.2 Å². The van der Waals surface area contributed by atoms with Crippen molar-refractivity contribution in [3.63, 3.8) is 0 Å². The maximum atomic E-state index is 11.7. The van der Waals surface area contributed by atoms with E-state index in [1.807, 2.05) is 18.2 Å². The maximum absolute atomic E-state index is 11.7. The van der Waals surface area contributed by atoms with Crippen LogP contribution < -0.4 is 9.88 Å². The highest BCUT2D eigenvalue weighted by molar-refractivity contribution is 7.89. The monoisotopic (exact) mass is 390 g/mol. The summed E-state index contributed by atoms with van der Waals surface area (Å²) in [6, 6.07) is 20.8. The number of hydrogen-bond donors (Lipinski definition) is 2. The first-order valence-electron chi connectivity index (χ1n) is 8.24. The van der Waals surface area contributed by atoms with E-state index in [9.17, 15) is 13.7 Å². The molecule has 0 spiro atoms. The molecule has 4 aromatic rings. The summed E-state index contributed by atoms with van der Waals surface area (Å²) in [5.74, 6) is 0.978. The second kappa shape index (κ2) is 6.81. The van der Waals surface area contributed by atoms with Gasteiger partial charge in [0.25, 0.3) is 0 Å². The van der Waals surface area contributed by atoms with Crippen LogP contribution in [0.4, 0.5) is 0 Å². The molecule has 0 radical (unpaired) electrons. The topological polar surface area (TPSA) is 122 Å². The number of fused-ring (bicyclic) bond motifs is 1. The fourth-order valence-corrected chi connectivity index (χ4v) is 3.43. The van der Waals surface area contributed by atoms with Gasteiger partial charge in [0.2, 0.25) is 10.0 Å². The zero-order valence-electron chi connectivity index (χ0n) is 14.5. The van der Waals surface area contributed by atoms with Crippen molar-refractivity contribution in [2.24, 2.45) is 5.14 Å². The van der Waals surface area contributed by atoms with Crippen LogP contribution in [0.3, 0.4) is 0 Å². The minimum absolute atomic E-state index is 0.00412. The van der Waals surface area contributed by atoms with E-state index in [-0.39, 0.29) is 4.90 Å². The number of nitrogens with zero attached hydrogens (tertiary/aromatic N) is 2. The molecule has 0 bridgehead atoms. The Bertz CT molecular complexity index is 1320. The van der Waals surface area contributed by atoms with E-state index in [1.165, 1.54) is 12.1 Å². The number of aromatic amines is 1. The normalized spacial score (nSPS) is 11.3. The fourth-order valence-electron chi connectivity index (χ4n) is 2.87. The molecular formula is C20H14N4O3S. The van der Waals surface area contributed by atoms with Gasteiger partial charge in [-0.1, -0.05) is 30.3 Å². The average molecular weight is 390 g/mol. The summed E-state index contributed by atoms with van der Waals surface area (Å²) >= 11 is 0.